The summed E-state index contributed by atoms with van der Waals surface area (Å²) in [6.45, 7) is 1.73. The lowest BCUT2D eigenvalue weighted by Crippen LogP contribution is -2.15. The summed E-state index contributed by atoms with van der Waals surface area (Å²) in [5.74, 6) is -1.62. The molecule has 80 valence electrons. The van der Waals surface area contributed by atoms with Gasteiger partial charge in [-0.1, -0.05) is 18.0 Å². The van der Waals surface area contributed by atoms with Gasteiger partial charge in [-0.3, -0.25) is 13.8 Å². The lowest BCUT2D eigenvalue weighted by molar-refractivity contribution is -0.153. The highest BCUT2D eigenvalue weighted by molar-refractivity contribution is 7.79. The number of cyclic esters (lactones) is 2. The van der Waals surface area contributed by atoms with E-state index in [9.17, 15) is 18.4 Å². The highest BCUT2D eigenvalue weighted by Crippen LogP contribution is 2.23. The zero-order chi connectivity index (χ0) is 10.7. The maximum absolute atomic E-state index is 11.0. The highest BCUT2D eigenvalue weighted by atomic mass is 32.2. The first-order valence-corrected chi connectivity index (χ1v) is 5.54. The molecule has 3 atom stereocenters. The van der Waals surface area contributed by atoms with E-state index in [2.05, 4.69) is 4.74 Å². The molecule has 1 rings (SSSR count). The first-order valence-electron chi connectivity index (χ1n) is 4.29. The van der Waals surface area contributed by atoms with Gasteiger partial charge in [-0.15, -0.1) is 0 Å². The predicted octanol–water partition coefficient (Wildman–Crippen LogP) is -0.0186. The van der Waals surface area contributed by atoms with Crippen molar-refractivity contribution in [2.24, 2.45) is 11.8 Å². The molecule has 0 aromatic heterocycles. The fourth-order valence-corrected chi connectivity index (χ4v) is 2.09. The average Bonchev–Trinajstić information content (AvgIpc) is 2.28. The highest BCUT2D eigenvalue weighted by Gasteiger charge is 2.34. The van der Waals surface area contributed by atoms with Crippen LogP contribution in [-0.4, -0.2) is 26.5 Å². The van der Waals surface area contributed by atoms with Gasteiger partial charge >= 0.3 is 11.9 Å². The fourth-order valence-electron chi connectivity index (χ4n) is 1.49. The Morgan fingerprint density at radius 2 is 2.29 bits per heavy atom. The van der Waals surface area contributed by atoms with Crippen LogP contribution >= 0.6 is 0 Å². The Hall–Kier alpha value is -0.750. The van der Waals surface area contributed by atoms with E-state index in [1.165, 1.54) is 0 Å². The molecule has 0 bridgehead atoms. The minimum Gasteiger partial charge on any atom is -0.772 e. The summed E-state index contributed by atoms with van der Waals surface area (Å²) in [6.07, 6.45) is 0.465. The molecule has 0 N–H and O–H groups in total. The van der Waals surface area contributed by atoms with Crippen LogP contribution < -0.4 is 0 Å². The van der Waals surface area contributed by atoms with Crippen LogP contribution in [0.15, 0.2) is 0 Å². The molecular weight excluding hydrogens is 208 g/mol. The van der Waals surface area contributed by atoms with E-state index in [-0.39, 0.29) is 18.1 Å². The average molecular weight is 219 g/mol. The second-order valence-electron chi connectivity index (χ2n) is 3.51. The SMILES string of the molecule is CC(CC1CC(=O)OC1=O)CS(=O)[O-]. The normalized spacial score (nSPS) is 26.0. The zero-order valence-electron chi connectivity index (χ0n) is 7.73. The molecule has 1 saturated heterocycles. The third-order valence-electron chi connectivity index (χ3n) is 2.07. The molecular formula is C8H11O5S-. The fraction of sp³-hybridized carbons (Fsp3) is 0.750. The smallest absolute Gasteiger partial charge is 0.317 e. The zero-order valence-corrected chi connectivity index (χ0v) is 8.54. The largest absolute Gasteiger partial charge is 0.772 e. The molecule has 6 heteroatoms. The number of ether oxygens (including phenoxy) is 1. The molecule has 0 aromatic rings. The molecule has 0 amide bonds. The molecule has 14 heavy (non-hydrogen) atoms. The molecule has 0 aliphatic carbocycles. The molecule has 0 saturated carbocycles. The Morgan fingerprint density at radius 1 is 1.64 bits per heavy atom. The third-order valence-corrected chi connectivity index (χ3v) is 2.91. The summed E-state index contributed by atoms with van der Waals surface area (Å²) in [7, 11) is 0. The molecule has 1 aliphatic rings. The quantitative estimate of drug-likeness (QED) is 0.377. The van der Waals surface area contributed by atoms with Crippen LogP contribution in [0.25, 0.3) is 0 Å². The predicted molar refractivity (Wildman–Crippen MR) is 46.8 cm³/mol. The summed E-state index contributed by atoms with van der Waals surface area (Å²) >= 11 is -2.10. The van der Waals surface area contributed by atoms with Crippen molar-refractivity contribution in [2.75, 3.05) is 5.75 Å². The van der Waals surface area contributed by atoms with Crippen LogP contribution in [0.2, 0.25) is 0 Å². The molecule has 0 spiro atoms. The number of hydrogen-bond donors (Lipinski definition) is 0. The van der Waals surface area contributed by atoms with Crippen LogP contribution in [-0.2, 0) is 25.4 Å². The minimum atomic E-state index is -2.10. The third kappa shape index (κ3) is 3.19. The van der Waals surface area contributed by atoms with Gasteiger partial charge < -0.3 is 9.29 Å². The van der Waals surface area contributed by atoms with E-state index in [0.29, 0.717) is 6.42 Å². The van der Waals surface area contributed by atoms with Gasteiger partial charge in [-0.05, 0) is 12.3 Å². The summed E-state index contributed by atoms with van der Waals surface area (Å²) in [5.41, 5.74) is 0. The second kappa shape index (κ2) is 4.65. The maximum Gasteiger partial charge on any atom is 0.317 e. The molecule has 1 fully saturated rings. The van der Waals surface area contributed by atoms with Gasteiger partial charge in [0.1, 0.15) is 0 Å². The van der Waals surface area contributed by atoms with Gasteiger partial charge in [0.05, 0.1) is 12.3 Å². The second-order valence-corrected chi connectivity index (χ2v) is 4.45. The number of carbonyl (C=O) groups excluding carboxylic acids is 2. The van der Waals surface area contributed by atoms with Crippen LogP contribution in [0.3, 0.4) is 0 Å². The van der Waals surface area contributed by atoms with Crippen LogP contribution in [0.5, 0.6) is 0 Å². The van der Waals surface area contributed by atoms with E-state index in [4.69, 9.17) is 0 Å². The Balaban J connectivity index is 2.40. The monoisotopic (exact) mass is 219 g/mol. The number of rotatable bonds is 4. The molecule has 0 radical (unpaired) electrons. The Morgan fingerprint density at radius 3 is 2.71 bits per heavy atom. The molecule has 1 aliphatic heterocycles. The topological polar surface area (TPSA) is 83.5 Å². The Bertz CT molecular complexity index is 275. The van der Waals surface area contributed by atoms with E-state index >= 15 is 0 Å². The van der Waals surface area contributed by atoms with Crippen molar-refractivity contribution in [3.8, 4) is 0 Å². The molecule has 0 aromatic carbocycles. The standard InChI is InChI=1S/C8H12O5S/c1-5(4-14(11)12)2-6-3-7(9)13-8(6)10/h5-6H,2-4H2,1H3,(H,11,12)/p-1. The lowest BCUT2D eigenvalue weighted by Gasteiger charge is -2.14. The molecule has 5 nitrogen and oxygen atoms in total. The van der Waals surface area contributed by atoms with Crippen molar-refractivity contribution in [3.63, 3.8) is 0 Å². The van der Waals surface area contributed by atoms with Gasteiger partial charge in [0.15, 0.2) is 0 Å². The summed E-state index contributed by atoms with van der Waals surface area (Å²) in [5, 5.41) is 0. The van der Waals surface area contributed by atoms with Crippen molar-refractivity contribution in [1.82, 2.24) is 0 Å². The van der Waals surface area contributed by atoms with E-state index in [1.54, 1.807) is 6.92 Å². The maximum atomic E-state index is 11.0. The van der Waals surface area contributed by atoms with Crippen molar-refractivity contribution in [3.05, 3.63) is 0 Å². The van der Waals surface area contributed by atoms with E-state index in [1.807, 2.05) is 0 Å². The minimum absolute atomic E-state index is 0.0119. The van der Waals surface area contributed by atoms with Crippen LogP contribution in [0, 0.1) is 11.8 Å². The van der Waals surface area contributed by atoms with Gasteiger partial charge in [0, 0.05) is 5.75 Å². The number of hydrogen-bond acceptors (Lipinski definition) is 5. The van der Waals surface area contributed by atoms with Crippen molar-refractivity contribution < 1.29 is 23.1 Å². The van der Waals surface area contributed by atoms with Crippen molar-refractivity contribution in [1.29, 1.82) is 0 Å². The summed E-state index contributed by atoms with van der Waals surface area (Å²) < 4.78 is 25.0. The summed E-state index contributed by atoms with van der Waals surface area (Å²) in [6, 6.07) is 0. The molecule has 3 unspecified atom stereocenters. The lowest BCUT2D eigenvalue weighted by atomic mass is 9.96. The van der Waals surface area contributed by atoms with Gasteiger partial charge in [-0.25, -0.2) is 0 Å². The molecule has 1 heterocycles. The number of esters is 2. The van der Waals surface area contributed by atoms with E-state index < -0.39 is 28.9 Å². The first-order chi connectivity index (χ1) is 6.49. The first kappa shape index (κ1) is 11.3. The van der Waals surface area contributed by atoms with Gasteiger partial charge in [0.2, 0.25) is 0 Å². The van der Waals surface area contributed by atoms with Gasteiger partial charge in [-0.2, -0.15) is 0 Å². The van der Waals surface area contributed by atoms with Crippen LogP contribution in [0.4, 0.5) is 0 Å². The van der Waals surface area contributed by atoms with Crippen molar-refractivity contribution >= 4 is 23.0 Å². The Kier molecular flexibility index (Phi) is 3.77. The van der Waals surface area contributed by atoms with Gasteiger partial charge in [0.25, 0.3) is 0 Å². The summed E-state index contributed by atoms with van der Waals surface area (Å²) in [4.78, 5) is 21.7. The Labute approximate surface area is 84.1 Å². The van der Waals surface area contributed by atoms with Crippen molar-refractivity contribution in [2.45, 2.75) is 19.8 Å². The van der Waals surface area contributed by atoms with E-state index in [0.717, 1.165) is 0 Å². The number of carbonyl (C=O) groups is 2. The van der Waals surface area contributed by atoms with Crippen LogP contribution in [0.1, 0.15) is 19.8 Å².